The van der Waals surface area contributed by atoms with Crippen LogP contribution < -0.4 is 5.56 Å². The molecular weight excluding hydrogens is 478 g/mol. The van der Waals surface area contributed by atoms with E-state index in [0.717, 1.165) is 35.4 Å². The fraction of sp³-hybridized carbons (Fsp3) is 0.241. The minimum absolute atomic E-state index is 0.0227. The molecule has 0 radical (unpaired) electrons. The Balaban J connectivity index is 1.32. The fourth-order valence-corrected chi connectivity index (χ4v) is 5.15. The van der Waals surface area contributed by atoms with E-state index < -0.39 is 0 Å². The van der Waals surface area contributed by atoms with Gasteiger partial charge in [-0.3, -0.25) is 9.89 Å². The van der Waals surface area contributed by atoms with Crippen molar-refractivity contribution in [2.75, 3.05) is 6.54 Å². The Kier molecular flexibility index (Phi) is 5.63. The number of fused-ring (bicyclic) bond motifs is 1. The summed E-state index contributed by atoms with van der Waals surface area (Å²) in [7, 11) is 0. The summed E-state index contributed by atoms with van der Waals surface area (Å²) < 4.78 is 1.50. The number of hydrogen-bond donors (Lipinski definition) is 2. The van der Waals surface area contributed by atoms with Gasteiger partial charge >= 0.3 is 0 Å². The lowest BCUT2D eigenvalue weighted by atomic mass is 9.86. The van der Waals surface area contributed by atoms with E-state index >= 15 is 0 Å². The summed E-state index contributed by atoms with van der Waals surface area (Å²) in [5.74, 6) is -0.0227. The lowest BCUT2D eigenvalue weighted by Gasteiger charge is -2.19. The number of hydrogen-bond acceptors (Lipinski definition) is 7. The normalized spacial score (nSPS) is 15.8. The van der Waals surface area contributed by atoms with Gasteiger partial charge in [0.15, 0.2) is 11.4 Å². The first-order valence-corrected chi connectivity index (χ1v) is 12.5. The molecule has 2 heterocycles. The smallest absolute Gasteiger partial charge is 0.299 e. The predicted molar refractivity (Wildman–Crippen MR) is 146 cm³/mol. The van der Waals surface area contributed by atoms with Crippen molar-refractivity contribution < 1.29 is 5.11 Å². The van der Waals surface area contributed by atoms with Crippen molar-refractivity contribution in [2.45, 2.75) is 39.0 Å². The quantitative estimate of drug-likeness (QED) is 0.295. The lowest BCUT2D eigenvalue weighted by molar-refractivity contribution is 0.478. The number of nitrogens with zero attached hydrogens (tertiary/aromatic N) is 6. The fourth-order valence-electron chi connectivity index (χ4n) is 5.15. The van der Waals surface area contributed by atoms with Crippen molar-refractivity contribution in [1.82, 2.24) is 9.78 Å². The van der Waals surface area contributed by atoms with Gasteiger partial charge in [-0.05, 0) is 71.4 Å². The number of aromatic nitrogens is 2. The molecule has 6 rings (SSSR count). The number of phenols is 1. The highest BCUT2D eigenvalue weighted by atomic mass is 16.3. The minimum atomic E-state index is -0.293. The molecule has 2 aliphatic rings. The first-order chi connectivity index (χ1) is 18.3. The number of aryl methyl sites for hydroxylation is 2. The van der Waals surface area contributed by atoms with Gasteiger partial charge in [0.05, 0.1) is 17.1 Å². The van der Waals surface area contributed by atoms with Crippen LogP contribution in [-0.4, -0.2) is 27.1 Å². The average Bonchev–Trinajstić information content (AvgIpc) is 3.63. The van der Waals surface area contributed by atoms with Crippen LogP contribution in [-0.2, 0) is 11.8 Å². The number of phenolic OH excluding ortho intramolecular Hbond substituents is 1. The highest BCUT2D eigenvalue weighted by molar-refractivity contribution is 6.03. The van der Waals surface area contributed by atoms with Crippen LogP contribution in [0.2, 0.25) is 0 Å². The Morgan fingerprint density at radius 3 is 2.66 bits per heavy atom. The first kappa shape index (κ1) is 23.7. The van der Waals surface area contributed by atoms with E-state index in [4.69, 9.17) is 0 Å². The number of para-hydroxylation sites is 1. The standard InChI is InChI=1S/C29H27N7O2/c1-17-26(28(38)36(34-17)21-11-10-18-12-13-29(2,3)23(18)15-21)33-31-24-9-5-8-22(27(24)37)19-6-4-7-20(14-19)25-16-30-35-32-25/h4-11,14-15,34,37H,12-13,16H2,1-3H3. The third-order valence-corrected chi connectivity index (χ3v) is 7.37. The van der Waals surface area contributed by atoms with Crippen LogP contribution in [0.4, 0.5) is 11.4 Å². The van der Waals surface area contributed by atoms with Gasteiger partial charge in [-0.15, -0.1) is 15.3 Å². The Morgan fingerprint density at radius 1 is 1.03 bits per heavy atom. The second kappa shape index (κ2) is 9.02. The molecule has 0 saturated heterocycles. The van der Waals surface area contributed by atoms with Gasteiger partial charge in [-0.25, -0.2) is 4.68 Å². The van der Waals surface area contributed by atoms with Gasteiger partial charge in [0.1, 0.15) is 12.2 Å². The largest absolute Gasteiger partial charge is 0.505 e. The Labute approximate surface area is 219 Å². The summed E-state index contributed by atoms with van der Waals surface area (Å²) in [4.78, 5) is 13.3. The molecule has 0 saturated carbocycles. The van der Waals surface area contributed by atoms with Crippen molar-refractivity contribution in [3.63, 3.8) is 0 Å². The molecule has 9 nitrogen and oxygen atoms in total. The van der Waals surface area contributed by atoms with Gasteiger partial charge in [0, 0.05) is 11.1 Å². The van der Waals surface area contributed by atoms with Crippen molar-refractivity contribution in [3.05, 3.63) is 93.4 Å². The van der Waals surface area contributed by atoms with E-state index in [0.29, 0.717) is 17.8 Å². The SMILES string of the molecule is Cc1[nH]n(-c2ccc3c(c2)C(C)(C)CC3)c(=O)c1N=Nc1cccc(-c2cccc(C3=NN=NC3)c2)c1O. The number of nitrogens with one attached hydrogen (secondary N) is 1. The molecule has 0 unspecified atom stereocenters. The first-order valence-electron chi connectivity index (χ1n) is 12.5. The number of aromatic amines is 1. The van der Waals surface area contributed by atoms with E-state index in [2.05, 4.69) is 56.7 Å². The van der Waals surface area contributed by atoms with E-state index in [-0.39, 0.29) is 28.1 Å². The second-order valence-electron chi connectivity index (χ2n) is 10.3. The number of rotatable bonds is 5. The number of aromatic hydroxyl groups is 1. The maximum atomic E-state index is 13.3. The van der Waals surface area contributed by atoms with E-state index in [9.17, 15) is 9.90 Å². The number of H-pyrrole nitrogens is 1. The Morgan fingerprint density at radius 2 is 1.84 bits per heavy atom. The van der Waals surface area contributed by atoms with Crippen LogP contribution in [0.15, 0.2) is 91.1 Å². The average molecular weight is 506 g/mol. The number of azo groups is 1. The van der Waals surface area contributed by atoms with Crippen LogP contribution in [0.3, 0.4) is 0 Å². The summed E-state index contributed by atoms with van der Waals surface area (Å²) >= 11 is 0. The zero-order chi connectivity index (χ0) is 26.4. The molecule has 1 aromatic heterocycles. The van der Waals surface area contributed by atoms with Crippen LogP contribution in [0.1, 0.15) is 42.7 Å². The molecular formula is C29H27N7O2. The van der Waals surface area contributed by atoms with Crippen LogP contribution in [0, 0.1) is 6.92 Å². The van der Waals surface area contributed by atoms with Crippen LogP contribution in [0.25, 0.3) is 16.8 Å². The molecule has 0 amide bonds. The third kappa shape index (κ3) is 4.06. The predicted octanol–water partition coefficient (Wildman–Crippen LogP) is 6.66. The van der Waals surface area contributed by atoms with Crippen molar-refractivity contribution >= 4 is 17.1 Å². The van der Waals surface area contributed by atoms with Crippen LogP contribution in [0.5, 0.6) is 5.75 Å². The van der Waals surface area contributed by atoms with E-state index in [1.807, 2.05) is 36.4 Å². The highest BCUT2D eigenvalue weighted by Crippen LogP contribution is 2.40. The highest BCUT2D eigenvalue weighted by Gasteiger charge is 2.30. The summed E-state index contributed by atoms with van der Waals surface area (Å²) in [6, 6.07) is 19.1. The summed E-state index contributed by atoms with van der Waals surface area (Å²) in [6.07, 6.45) is 2.14. The molecule has 0 atom stereocenters. The number of benzene rings is 3. The molecule has 0 spiro atoms. The van der Waals surface area contributed by atoms with Gasteiger partial charge in [0.25, 0.3) is 5.56 Å². The monoisotopic (exact) mass is 505 g/mol. The van der Waals surface area contributed by atoms with Gasteiger partial charge in [-0.1, -0.05) is 50.2 Å². The maximum absolute atomic E-state index is 13.3. The second-order valence-corrected chi connectivity index (χ2v) is 10.3. The zero-order valence-electron chi connectivity index (χ0n) is 21.4. The molecule has 190 valence electrons. The van der Waals surface area contributed by atoms with Gasteiger partial charge < -0.3 is 5.11 Å². The third-order valence-electron chi connectivity index (χ3n) is 7.37. The zero-order valence-corrected chi connectivity index (χ0v) is 21.4. The molecule has 9 heteroatoms. The summed E-state index contributed by atoms with van der Waals surface area (Å²) in [6.45, 7) is 6.68. The lowest BCUT2D eigenvalue weighted by Crippen LogP contribution is -2.16. The topological polar surface area (TPSA) is 120 Å². The van der Waals surface area contributed by atoms with Gasteiger partial charge in [0.2, 0.25) is 0 Å². The van der Waals surface area contributed by atoms with E-state index in [1.54, 1.807) is 19.1 Å². The summed E-state index contributed by atoms with van der Waals surface area (Å²) in [5.41, 5.74) is 7.27. The molecule has 2 N–H and O–H groups in total. The molecule has 0 bridgehead atoms. The molecule has 3 aromatic carbocycles. The van der Waals surface area contributed by atoms with Crippen molar-refractivity contribution in [1.29, 1.82) is 0 Å². The molecule has 1 aliphatic carbocycles. The minimum Gasteiger partial charge on any atom is -0.505 e. The van der Waals surface area contributed by atoms with E-state index in [1.165, 1.54) is 15.8 Å². The molecule has 1 aliphatic heterocycles. The maximum Gasteiger partial charge on any atom is 0.299 e. The van der Waals surface area contributed by atoms with Crippen molar-refractivity contribution in [3.8, 4) is 22.6 Å². The van der Waals surface area contributed by atoms with Crippen molar-refractivity contribution in [2.24, 2.45) is 25.7 Å². The van der Waals surface area contributed by atoms with Gasteiger partial charge in [-0.2, -0.15) is 5.11 Å². The molecule has 38 heavy (non-hydrogen) atoms. The Bertz CT molecular complexity index is 1720. The molecule has 0 fully saturated rings. The Hall–Kier alpha value is -4.66. The summed E-state index contributed by atoms with van der Waals surface area (Å²) in [5, 5.41) is 34.3. The molecule has 4 aromatic rings. The van der Waals surface area contributed by atoms with Crippen LogP contribution >= 0.6 is 0 Å².